The van der Waals surface area contributed by atoms with Gasteiger partial charge in [-0.1, -0.05) is 45.9 Å². The molecule has 2 aromatic heterocycles. The van der Waals surface area contributed by atoms with Crippen LogP contribution in [0.1, 0.15) is 55.6 Å². The zero-order valence-corrected chi connectivity index (χ0v) is 18.5. The molecule has 0 spiro atoms. The molecular formula is C25H24N2O5. The first kappa shape index (κ1) is 19.6. The van der Waals surface area contributed by atoms with Crippen molar-refractivity contribution in [2.24, 2.45) is 5.41 Å². The lowest BCUT2D eigenvalue weighted by Crippen LogP contribution is -2.48. The Morgan fingerprint density at radius 1 is 1.19 bits per heavy atom. The Hall–Kier alpha value is -3.03. The van der Waals surface area contributed by atoms with Crippen LogP contribution in [0.15, 0.2) is 41.2 Å². The van der Waals surface area contributed by atoms with Crippen molar-refractivity contribution >= 4 is 16.9 Å². The molecule has 1 saturated heterocycles. The second-order valence-electron chi connectivity index (χ2n) is 9.83. The molecule has 0 radical (unpaired) electrons. The third-order valence-electron chi connectivity index (χ3n) is 6.73. The molecule has 3 atom stereocenters. The number of nitrogens with zero attached hydrogens (tertiary/aromatic N) is 2. The second-order valence-corrected chi connectivity index (χ2v) is 9.83. The zero-order valence-electron chi connectivity index (χ0n) is 18.5. The molecule has 5 heterocycles. The molecule has 0 saturated carbocycles. The van der Waals surface area contributed by atoms with Crippen molar-refractivity contribution in [2.75, 3.05) is 0 Å². The van der Waals surface area contributed by atoms with Gasteiger partial charge in [-0.25, -0.2) is 9.78 Å². The number of carbonyl (C=O) groups excluding carboxylic acids is 1. The van der Waals surface area contributed by atoms with Crippen LogP contribution in [0, 0.1) is 5.41 Å². The van der Waals surface area contributed by atoms with Crippen molar-refractivity contribution < 1.29 is 19.0 Å². The summed E-state index contributed by atoms with van der Waals surface area (Å²) in [7, 11) is 0. The molecule has 3 aromatic rings. The van der Waals surface area contributed by atoms with E-state index in [-0.39, 0.29) is 16.5 Å². The molecule has 7 heteroatoms. The summed E-state index contributed by atoms with van der Waals surface area (Å²) < 4.78 is 19.7. The Morgan fingerprint density at radius 3 is 2.72 bits per heavy atom. The summed E-state index contributed by atoms with van der Waals surface area (Å²) in [5.41, 5.74) is 2.10. The standard InChI is InChI=1S/C25H24N2O5/c1-5-25-15-11-17-19-14(10-13-8-6-7-9-16(13)26-19)12-27(17)20(28)18(15)21(29)30-23(25)31-22(32-25)24(2,3)4/h6-11,22-23H,5,12H2,1-4H3/t22-,23?,25-/m0/s1. The van der Waals surface area contributed by atoms with Crippen LogP contribution in [0.3, 0.4) is 0 Å². The molecular weight excluding hydrogens is 408 g/mol. The van der Waals surface area contributed by atoms with Crippen LogP contribution in [0.5, 0.6) is 0 Å². The highest BCUT2D eigenvalue weighted by molar-refractivity contribution is 5.93. The first-order chi connectivity index (χ1) is 15.2. The smallest absolute Gasteiger partial charge is 0.346 e. The van der Waals surface area contributed by atoms with E-state index in [9.17, 15) is 9.59 Å². The summed E-state index contributed by atoms with van der Waals surface area (Å²) in [5, 5.41) is 1.02. The second kappa shape index (κ2) is 6.27. The summed E-state index contributed by atoms with van der Waals surface area (Å²) in [6.07, 6.45) is -0.980. The molecule has 1 fully saturated rings. The van der Waals surface area contributed by atoms with Crippen molar-refractivity contribution in [3.8, 4) is 11.4 Å². The van der Waals surface area contributed by atoms with Gasteiger partial charge in [0.25, 0.3) is 5.56 Å². The number of fused-ring (bicyclic) bond motifs is 7. The first-order valence-electron chi connectivity index (χ1n) is 10.9. The van der Waals surface area contributed by atoms with Gasteiger partial charge in [-0.15, -0.1) is 0 Å². The van der Waals surface area contributed by atoms with Gasteiger partial charge in [0.1, 0.15) is 5.56 Å². The van der Waals surface area contributed by atoms with Crippen LogP contribution in [-0.2, 0) is 26.4 Å². The lowest BCUT2D eigenvalue weighted by molar-refractivity contribution is -0.162. The van der Waals surface area contributed by atoms with Gasteiger partial charge in [0, 0.05) is 21.9 Å². The number of pyridine rings is 2. The van der Waals surface area contributed by atoms with Crippen LogP contribution in [0.2, 0.25) is 0 Å². The summed E-state index contributed by atoms with van der Waals surface area (Å²) in [6, 6.07) is 11.8. The zero-order chi connectivity index (χ0) is 22.4. The molecule has 0 aliphatic carbocycles. The van der Waals surface area contributed by atoms with Gasteiger partial charge in [0.05, 0.1) is 23.4 Å². The highest BCUT2D eigenvalue weighted by Crippen LogP contribution is 2.50. The van der Waals surface area contributed by atoms with Crippen molar-refractivity contribution in [3.05, 3.63) is 63.4 Å². The number of aromatic nitrogens is 2. The van der Waals surface area contributed by atoms with E-state index in [0.717, 1.165) is 22.2 Å². The SMILES string of the molecule is CC[C@@]12O[C@@H](C(C)(C)C)OC1OC(=O)c1c2cc2n(c1=O)Cc1cc3ccccc3nc1-2. The van der Waals surface area contributed by atoms with E-state index < -0.39 is 24.2 Å². The molecule has 0 bridgehead atoms. The number of ether oxygens (including phenoxy) is 3. The van der Waals surface area contributed by atoms with Gasteiger partial charge in [0.15, 0.2) is 11.9 Å². The average molecular weight is 432 g/mol. The molecule has 3 aliphatic rings. The largest absolute Gasteiger partial charge is 0.428 e. The van der Waals surface area contributed by atoms with Crippen molar-refractivity contribution in [3.63, 3.8) is 0 Å². The van der Waals surface area contributed by atoms with Gasteiger partial charge >= 0.3 is 5.97 Å². The third-order valence-corrected chi connectivity index (χ3v) is 6.73. The summed E-state index contributed by atoms with van der Waals surface area (Å²) >= 11 is 0. The van der Waals surface area contributed by atoms with Crippen LogP contribution in [0.4, 0.5) is 0 Å². The number of carbonyl (C=O) groups is 1. The minimum atomic E-state index is -1.03. The molecule has 3 aliphatic heterocycles. The minimum absolute atomic E-state index is 0.0300. The number of esters is 1. The fraction of sp³-hybridized carbons (Fsp3) is 0.400. The number of rotatable bonds is 1. The number of hydrogen-bond donors (Lipinski definition) is 0. The van der Waals surface area contributed by atoms with Crippen LogP contribution in [-0.4, -0.2) is 28.1 Å². The molecule has 0 N–H and O–H groups in total. The molecule has 7 nitrogen and oxygen atoms in total. The first-order valence-corrected chi connectivity index (χ1v) is 10.9. The van der Waals surface area contributed by atoms with E-state index in [1.807, 2.05) is 58.0 Å². The van der Waals surface area contributed by atoms with Gasteiger partial charge in [-0.3, -0.25) is 4.79 Å². The van der Waals surface area contributed by atoms with Crippen molar-refractivity contribution in [1.82, 2.24) is 9.55 Å². The average Bonchev–Trinajstić information content (AvgIpc) is 3.31. The maximum absolute atomic E-state index is 13.5. The van der Waals surface area contributed by atoms with Crippen LogP contribution < -0.4 is 5.56 Å². The van der Waals surface area contributed by atoms with E-state index in [1.54, 1.807) is 4.57 Å². The Morgan fingerprint density at radius 2 is 1.97 bits per heavy atom. The van der Waals surface area contributed by atoms with E-state index >= 15 is 0 Å². The molecule has 0 amide bonds. The number of hydrogen-bond acceptors (Lipinski definition) is 6. The Balaban J connectivity index is 1.59. The monoisotopic (exact) mass is 432 g/mol. The van der Waals surface area contributed by atoms with Gasteiger partial charge < -0.3 is 18.8 Å². The third kappa shape index (κ3) is 2.46. The van der Waals surface area contributed by atoms with E-state index in [1.165, 1.54) is 0 Å². The Bertz CT molecular complexity index is 1370. The Labute approximate surface area is 184 Å². The molecule has 1 aromatic carbocycles. The molecule has 6 rings (SSSR count). The normalized spacial score (nSPS) is 25.8. The fourth-order valence-electron chi connectivity index (χ4n) is 4.99. The van der Waals surface area contributed by atoms with Crippen LogP contribution >= 0.6 is 0 Å². The molecule has 164 valence electrons. The van der Waals surface area contributed by atoms with E-state index in [2.05, 4.69) is 6.07 Å². The van der Waals surface area contributed by atoms with Crippen LogP contribution in [0.25, 0.3) is 22.3 Å². The van der Waals surface area contributed by atoms with Gasteiger partial charge in [-0.05, 0) is 24.6 Å². The maximum atomic E-state index is 13.5. The highest BCUT2D eigenvalue weighted by Gasteiger charge is 2.59. The summed E-state index contributed by atoms with van der Waals surface area (Å²) in [6.45, 7) is 8.33. The number of benzene rings is 1. The minimum Gasteiger partial charge on any atom is -0.428 e. The number of para-hydroxylation sites is 1. The van der Waals surface area contributed by atoms with Crippen molar-refractivity contribution in [2.45, 2.75) is 58.8 Å². The lowest BCUT2D eigenvalue weighted by Gasteiger charge is -2.36. The fourth-order valence-corrected chi connectivity index (χ4v) is 4.99. The quantitative estimate of drug-likeness (QED) is 0.424. The van der Waals surface area contributed by atoms with E-state index in [0.29, 0.717) is 24.2 Å². The summed E-state index contributed by atoms with van der Waals surface area (Å²) in [5.74, 6) is -0.665. The molecule has 1 unspecified atom stereocenters. The van der Waals surface area contributed by atoms with Gasteiger partial charge in [-0.2, -0.15) is 0 Å². The van der Waals surface area contributed by atoms with Crippen molar-refractivity contribution in [1.29, 1.82) is 0 Å². The van der Waals surface area contributed by atoms with E-state index in [4.69, 9.17) is 19.2 Å². The summed E-state index contributed by atoms with van der Waals surface area (Å²) in [4.78, 5) is 31.3. The molecule has 32 heavy (non-hydrogen) atoms. The predicted molar refractivity (Wildman–Crippen MR) is 117 cm³/mol. The Kier molecular flexibility index (Phi) is 3.85. The lowest BCUT2D eigenvalue weighted by atomic mass is 9.84. The van der Waals surface area contributed by atoms with Gasteiger partial charge in [0.2, 0.25) is 6.29 Å². The predicted octanol–water partition coefficient (Wildman–Crippen LogP) is 3.95. The highest BCUT2D eigenvalue weighted by atomic mass is 16.8. The topological polar surface area (TPSA) is 79.7 Å². The maximum Gasteiger partial charge on any atom is 0.346 e.